The van der Waals surface area contributed by atoms with E-state index >= 15 is 0 Å². The summed E-state index contributed by atoms with van der Waals surface area (Å²) in [6, 6.07) is 5.96. The fourth-order valence-corrected chi connectivity index (χ4v) is 4.57. The van der Waals surface area contributed by atoms with Crippen LogP contribution in [-0.2, 0) is 11.8 Å². The minimum absolute atomic E-state index is 0.0942. The standard InChI is InChI=1S/C21H26ClN3O3/c1-20(2,3)28-19(27)25-11-21(12-25)9-13(10-21)23-16-6-5-15(22)17-14(16)7-8-24(4)18(17)26/h5-8,13,23H,9-12H2,1-4H3. The van der Waals surface area contributed by atoms with Gasteiger partial charge in [0, 0.05) is 48.9 Å². The molecular weight excluding hydrogens is 378 g/mol. The van der Waals surface area contributed by atoms with Crippen LogP contribution in [0, 0.1) is 5.41 Å². The Hall–Kier alpha value is -2.21. The lowest BCUT2D eigenvalue weighted by Gasteiger charge is -2.58. The maximum atomic E-state index is 12.4. The molecule has 2 heterocycles. The lowest BCUT2D eigenvalue weighted by molar-refractivity contribution is -0.0738. The maximum absolute atomic E-state index is 12.4. The summed E-state index contributed by atoms with van der Waals surface area (Å²) in [4.78, 5) is 26.3. The van der Waals surface area contributed by atoms with Crippen molar-refractivity contribution in [1.29, 1.82) is 0 Å². The van der Waals surface area contributed by atoms with Crippen molar-refractivity contribution in [3.05, 3.63) is 39.8 Å². The predicted molar refractivity (Wildman–Crippen MR) is 111 cm³/mol. The Morgan fingerprint density at radius 2 is 1.93 bits per heavy atom. The summed E-state index contributed by atoms with van der Waals surface area (Å²) in [5.74, 6) is 0. The number of nitrogens with one attached hydrogen (secondary N) is 1. The van der Waals surface area contributed by atoms with Crippen molar-refractivity contribution in [1.82, 2.24) is 9.47 Å². The number of halogens is 1. The highest BCUT2D eigenvalue weighted by atomic mass is 35.5. The molecule has 1 aromatic carbocycles. The summed E-state index contributed by atoms with van der Waals surface area (Å²) in [6.45, 7) is 7.15. The predicted octanol–water partition coefficient (Wildman–Crippen LogP) is 4.00. The molecule has 1 saturated heterocycles. The van der Waals surface area contributed by atoms with Crippen molar-refractivity contribution in [2.24, 2.45) is 12.5 Å². The van der Waals surface area contributed by atoms with Crippen LogP contribution in [0.15, 0.2) is 29.2 Å². The number of ether oxygens (including phenoxy) is 1. The van der Waals surface area contributed by atoms with Gasteiger partial charge in [-0.1, -0.05) is 11.6 Å². The summed E-state index contributed by atoms with van der Waals surface area (Å²) >= 11 is 6.27. The van der Waals surface area contributed by atoms with Crippen LogP contribution in [0.2, 0.25) is 5.02 Å². The molecule has 1 aromatic heterocycles. The Morgan fingerprint density at radius 3 is 2.57 bits per heavy atom. The van der Waals surface area contributed by atoms with Gasteiger partial charge in [-0.25, -0.2) is 4.79 Å². The molecule has 4 rings (SSSR count). The van der Waals surface area contributed by atoms with Gasteiger partial charge in [-0.3, -0.25) is 4.79 Å². The smallest absolute Gasteiger partial charge is 0.410 e. The third kappa shape index (κ3) is 3.34. The van der Waals surface area contributed by atoms with E-state index in [1.807, 2.05) is 32.9 Å². The first-order valence-corrected chi connectivity index (χ1v) is 9.97. The fraction of sp³-hybridized carbons (Fsp3) is 0.524. The van der Waals surface area contributed by atoms with Gasteiger partial charge >= 0.3 is 6.09 Å². The number of rotatable bonds is 2. The molecule has 1 N–H and O–H groups in total. The highest BCUT2D eigenvalue weighted by Gasteiger charge is 2.54. The number of likely N-dealkylation sites (tertiary alicyclic amines) is 1. The lowest BCUT2D eigenvalue weighted by Crippen LogP contribution is -2.66. The highest BCUT2D eigenvalue weighted by Crippen LogP contribution is 2.50. The van der Waals surface area contributed by atoms with Crippen molar-refractivity contribution < 1.29 is 9.53 Å². The van der Waals surface area contributed by atoms with E-state index in [-0.39, 0.29) is 17.1 Å². The van der Waals surface area contributed by atoms with Gasteiger partial charge in [-0.05, 0) is 51.8 Å². The van der Waals surface area contributed by atoms with Crippen LogP contribution in [0.5, 0.6) is 0 Å². The van der Waals surface area contributed by atoms with E-state index in [0.717, 1.165) is 37.0 Å². The first kappa shape index (κ1) is 19.1. The molecule has 6 nitrogen and oxygen atoms in total. The second kappa shape index (κ2) is 6.41. The number of aromatic nitrogens is 1. The average molecular weight is 404 g/mol. The van der Waals surface area contributed by atoms with E-state index in [1.165, 1.54) is 4.57 Å². The summed E-state index contributed by atoms with van der Waals surface area (Å²) in [5, 5.41) is 5.43. The van der Waals surface area contributed by atoms with Crippen molar-refractivity contribution >= 4 is 34.2 Å². The van der Waals surface area contributed by atoms with Gasteiger partial charge in [0.15, 0.2) is 0 Å². The van der Waals surface area contributed by atoms with Gasteiger partial charge in [-0.2, -0.15) is 0 Å². The number of fused-ring (bicyclic) bond motifs is 1. The van der Waals surface area contributed by atoms with E-state index in [4.69, 9.17) is 16.3 Å². The number of benzene rings is 1. The third-order valence-corrected chi connectivity index (χ3v) is 5.93. The topological polar surface area (TPSA) is 63.6 Å². The molecule has 1 amide bonds. The summed E-state index contributed by atoms with van der Waals surface area (Å²) in [6.07, 6.45) is 3.54. The normalized spacial score (nSPS) is 18.7. The van der Waals surface area contributed by atoms with E-state index in [1.54, 1.807) is 24.2 Å². The van der Waals surface area contributed by atoms with Crippen LogP contribution in [-0.4, -0.2) is 40.3 Å². The second-order valence-corrected chi connectivity index (χ2v) is 9.61. The van der Waals surface area contributed by atoms with E-state index in [2.05, 4.69) is 5.32 Å². The van der Waals surface area contributed by atoms with E-state index < -0.39 is 5.60 Å². The Kier molecular flexibility index (Phi) is 4.38. The number of hydrogen-bond acceptors (Lipinski definition) is 4. The van der Waals surface area contributed by atoms with Gasteiger partial charge in [0.1, 0.15) is 5.60 Å². The fourth-order valence-electron chi connectivity index (χ4n) is 4.32. The molecule has 28 heavy (non-hydrogen) atoms. The minimum Gasteiger partial charge on any atom is -0.444 e. The molecular formula is C21H26ClN3O3. The SMILES string of the molecule is Cn1ccc2c(NC3CC4(C3)CN(C(=O)OC(C)(C)C)C4)ccc(Cl)c2c1=O. The number of amides is 1. The van der Waals surface area contributed by atoms with Crippen LogP contribution in [0.25, 0.3) is 10.8 Å². The van der Waals surface area contributed by atoms with E-state index in [9.17, 15) is 9.59 Å². The molecule has 1 spiro atoms. The molecule has 0 unspecified atom stereocenters. The van der Waals surface area contributed by atoms with Crippen LogP contribution in [0.1, 0.15) is 33.6 Å². The van der Waals surface area contributed by atoms with Gasteiger partial charge < -0.3 is 19.5 Å². The van der Waals surface area contributed by atoms with Crippen molar-refractivity contribution in [3.8, 4) is 0 Å². The van der Waals surface area contributed by atoms with Crippen molar-refractivity contribution in [3.63, 3.8) is 0 Å². The largest absolute Gasteiger partial charge is 0.444 e. The molecule has 0 bridgehead atoms. The Labute approximate surface area is 169 Å². The zero-order valence-corrected chi connectivity index (χ0v) is 17.5. The van der Waals surface area contributed by atoms with Crippen LogP contribution in [0.3, 0.4) is 0 Å². The lowest BCUT2D eigenvalue weighted by atomic mass is 9.60. The quantitative estimate of drug-likeness (QED) is 0.823. The zero-order chi connectivity index (χ0) is 20.3. The van der Waals surface area contributed by atoms with Crippen LogP contribution < -0.4 is 10.9 Å². The van der Waals surface area contributed by atoms with Crippen molar-refractivity contribution in [2.75, 3.05) is 18.4 Å². The molecule has 2 fully saturated rings. The molecule has 0 radical (unpaired) electrons. The van der Waals surface area contributed by atoms with Crippen LogP contribution >= 0.6 is 11.6 Å². The third-order valence-electron chi connectivity index (χ3n) is 5.62. The molecule has 2 aromatic rings. The molecule has 0 atom stereocenters. The first-order chi connectivity index (χ1) is 13.1. The first-order valence-electron chi connectivity index (χ1n) is 9.59. The Bertz CT molecular complexity index is 994. The van der Waals surface area contributed by atoms with E-state index in [0.29, 0.717) is 16.5 Å². The number of anilines is 1. The van der Waals surface area contributed by atoms with Gasteiger partial charge in [0.2, 0.25) is 0 Å². The number of pyridine rings is 1. The number of nitrogens with zero attached hydrogens (tertiary/aromatic N) is 2. The Morgan fingerprint density at radius 1 is 1.25 bits per heavy atom. The minimum atomic E-state index is -0.462. The van der Waals surface area contributed by atoms with Crippen molar-refractivity contribution in [2.45, 2.75) is 45.3 Å². The zero-order valence-electron chi connectivity index (χ0n) is 16.7. The summed E-state index contributed by atoms with van der Waals surface area (Å²) < 4.78 is 6.97. The summed E-state index contributed by atoms with van der Waals surface area (Å²) in [5.41, 5.74) is 0.576. The molecule has 1 aliphatic carbocycles. The van der Waals surface area contributed by atoms with Gasteiger partial charge in [0.25, 0.3) is 5.56 Å². The number of aryl methyl sites for hydroxylation is 1. The van der Waals surface area contributed by atoms with Crippen LogP contribution in [0.4, 0.5) is 10.5 Å². The highest BCUT2D eigenvalue weighted by molar-refractivity contribution is 6.36. The monoisotopic (exact) mass is 403 g/mol. The molecule has 7 heteroatoms. The number of carbonyl (C=O) groups excluding carboxylic acids is 1. The van der Waals surface area contributed by atoms with Gasteiger partial charge in [0.05, 0.1) is 10.4 Å². The number of carbonyl (C=O) groups is 1. The Balaban J connectivity index is 1.40. The van der Waals surface area contributed by atoms with Gasteiger partial charge in [-0.15, -0.1) is 0 Å². The molecule has 2 aliphatic rings. The molecule has 1 saturated carbocycles. The number of hydrogen-bond donors (Lipinski definition) is 1. The second-order valence-electron chi connectivity index (χ2n) is 9.20. The molecule has 1 aliphatic heterocycles. The maximum Gasteiger partial charge on any atom is 0.410 e. The molecule has 150 valence electrons. The average Bonchev–Trinajstić information content (AvgIpc) is 2.51. The summed E-state index contributed by atoms with van der Waals surface area (Å²) in [7, 11) is 1.72.